The van der Waals surface area contributed by atoms with Crippen molar-refractivity contribution in [3.8, 4) is 0 Å². The summed E-state index contributed by atoms with van der Waals surface area (Å²) in [6, 6.07) is 14.6. The molecule has 0 fully saturated rings. The van der Waals surface area contributed by atoms with Gasteiger partial charge in [-0.15, -0.1) is 0 Å². The highest BCUT2D eigenvalue weighted by Crippen LogP contribution is 2.27. The number of aromatic nitrogens is 2. The number of amides is 3. The van der Waals surface area contributed by atoms with E-state index in [0.29, 0.717) is 25.5 Å². The second-order valence-electron chi connectivity index (χ2n) is 8.61. The van der Waals surface area contributed by atoms with E-state index in [-0.39, 0.29) is 12.3 Å². The highest BCUT2D eigenvalue weighted by Gasteiger charge is 2.33. The van der Waals surface area contributed by atoms with Crippen molar-refractivity contribution >= 4 is 34.9 Å². The van der Waals surface area contributed by atoms with Gasteiger partial charge in [0.25, 0.3) is 0 Å². The summed E-state index contributed by atoms with van der Waals surface area (Å²) in [5.41, 5.74) is 2.60. The van der Waals surface area contributed by atoms with E-state index in [9.17, 15) is 19.5 Å². The van der Waals surface area contributed by atoms with Gasteiger partial charge < -0.3 is 20.3 Å². The van der Waals surface area contributed by atoms with Gasteiger partial charge in [-0.05, 0) is 23.6 Å². The first-order valence-corrected chi connectivity index (χ1v) is 11.5. The van der Waals surface area contributed by atoms with Crippen LogP contribution in [0.3, 0.4) is 0 Å². The second kappa shape index (κ2) is 9.94. The summed E-state index contributed by atoms with van der Waals surface area (Å²) in [4.78, 5) is 44.3. The number of carboxylic acid groups (broad SMARTS) is 1. The molecule has 0 radical (unpaired) electrons. The van der Waals surface area contributed by atoms with Gasteiger partial charge in [-0.25, -0.2) is 14.6 Å². The summed E-state index contributed by atoms with van der Waals surface area (Å²) in [7, 11) is 0. The number of anilines is 1. The zero-order chi connectivity index (χ0) is 24.2. The maximum Gasteiger partial charge on any atom is 0.326 e. The number of rotatable bonds is 8. The van der Waals surface area contributed by atoms with E-state index in [1.165, 1.54) is 4.90 Å². The molecule has 3 aromatic rings. The van der Waals surface area contributed by atoms with Crippen molar-refractivity contribution in [3.05, 3.63) is 60.2 Å². The average Bonchev–Trinajstić information content (AvgIpc) is 3.41. The summed E-state index contributed by atoms with van der Waals surface area (Å²) in [5.74, 6) is -1.35. The first-order chi connectivity index (χ1) is 16.4. The van der Waals surface area contributed by atoms with E-state index in [2.05, 4.69) is 15.6 Å². The van der Waals surface area contributed by atoms with E-state index in [1.807, 2.05) is 66.1 Å². The number of imidazole rings is 1. The average molecular weight is 464 g/mol. The number of benzene rings is 2. The molecule has 0 spiro atoms. The lowest BCUT2D eigenvalue weighted by Crippen LogP contribution is -2.56. The lowest BCUT2D eigenvalue weighted by Gasteiger charge is -2.26. The van der Waals surface area contributed by atoms with Gasteiger partial charge in [0.05, 0.1) is 11.0 Å². The normalized spacial score (nSPS) is 15.4. The van der Waals surface area contributed by atoms with Crippen LogP contribution in [0.5, 0.6) is 0 Å². The van der Waals surface area contributed by atoms with Gasteiger partial charge in [-0.2, -0.15) is 0 Å². The fraction of sp³-hybridized carbons (Fsp3) is 0.360. The Morgan fingerprint density at radius 3 is 2.44 bits per heavy atom. The highest BCUT2D eigenvalue weighted by atomic mass is 16.4. The van der Waals surface area contributed by atoms with Crippen LogP contribution in [0, 0.1) is 5.92 Å². The Bertz CT molecular complexity index is 1190. The second-order valence-corrected chi connectivity index (χ2v) is 8.61. The third-order valence-electron chi connectivity index (χ3n) is 6.34. The smallest absolute Gasteiger partial charge is 0.326 e. The largest absolute Gasteiger partial charge is 0.480 e. The summed E-state index contributed by atoms with van der Waals surface area (Å²) in [6.07, 6.45) is 0.826. The van der Waals surface area contributed by atoms with E-state index >= 15 is 0 Å². The number of fused-ring (bicyclic) bond motifs is 3. The number of aliphatic carboxylic acids is 1. The number of nitrogens with zero attached hydrogens (tertiary/aromatic N) is 3. The van der Waals surface area contributed by atoms with Crippen LogP contribution in [0.4, 0.5) is 10.7 Å². The minimum Gasteiger partial charge on any atom is -0.480 e. The third kappa shape index (κ3) is 4.73. The van der Waals surface area contributed by atoms with Gasteiger partial charge in [-0.3, -0.25) is 9.69 Å². The zero-order valence-electron chi connectivity index (χ0n) is 19.3. The summed E-state index contributed by atoms with van der Waals surface area (Å²) in [5, 5.41) is 15.1. The van der Waals surface area contributed by atoms with Gasteiger partial charge >= 0.3 is 12.0 Å². The Morgan fingerprint density at radius 1 is 1.03 bits per heavy atom. The molecule has 1 aliphatic heterocycles. The Labute approximate surface area is 197 Å². The molecule has 0 aliphatic carbocycles. The summed E-state index contributed by atoms with van der Waals surface area (Å²) >= 11 is 0. The van der Waals surface area contributed by atoms with E-state index < -0.39 is 30.0 Å². The van der Waals surface area contributed by atoms with E-state index in [4.69, 9.17) is 0 Å². The van der Waals surface area contributed by atoms with Crippen LogP contribution < -0.4 is 15.5 Å². The molecule has 3 atom stereocenters. The molecular weight excluding hydrogens is 434 g/mol. The van der Waals surface area contributed by atoms with Crippen molar-refractivity contribution < 1.29 is 19.5 Å². The Balaban J connectivity index is 1.55. The zero-order valence-corrected chi connectivity index (χ0v) is 19.3. The van der Waals surface area contributed by atoms with Crippen molar-refractivity contribution in [3.63, 3.8) is 0 Å². The molecule has 3 amide bonds. The molecule has 1 aromatic heterocycles. The quantitative estimate of drug-likeness (QED) is 0.475. The van der Waals surface area contributed by atoms with E-state index in [1.54, 1.807) is 6.92 Å². The van der Waals surface area contributed by atoms with Crippen LogP contribution in [-0.4, -0.2) is 51.2 Å². The summed E-state index contributed by atoms with van der Waals surface area (Å²) in [6.45, 7) is 4.69. The minimum atomic E-state index is -1.10. The van der Waals surface area contributed by atoms with Crippen molar-refractivity contribution in [1.29, 1.82) is 0 Å². The molecule has 0 saturated carbocycles. The number of para-hydroxylation sites is 2. The SMILES string of the molecule is CCC(C)[C@H](NC(=O)[C@H](Cc1ccccc1)NC(=O)N1CCn2c1nc1ccccc12)C(=O)O. The molecule has 178 valence electrons. The molecule has 0 saturated heterocycles. The van der Waals surface area contributed by atoms with Crippen molar-refractivity contribution in [2.24, 2.45) is 5.92 Å². The van der Waals surface area contributed by atoms with Gasteiger partial charge in [0.15, 0.2) is 0 Å². The lowest BCUT2D eigenvalue weighted by molar-refractivity contribution is -0.143. The number of carbonyl (C=O) groups is 3. The number of hydrogen-bond acceptors (Lipinski definition) is 4. The minimum absolute atomic E-state index is 0.232. The molecule has 4 rings (SSSR count). The van der Waals surface area contributed by atoms with Crippen LogP contribution in [0.1, 0.15) is 25.8 Å². The standard InChI is InChI=1S/C25H29N5O4/c1-3-16(2)21(23(32)33)28-22(31)19(15-17-9-5-4-6-10-17)27-25(34)30-14-13-29-20-12-8-7-11-18(20)26-24(29)30/h4-12,16,19,21H,3,13-15H2,1-2H3,(H,27,34)(H,28,31)(H,32,33)/t16?,19-,21-/m0/s1. The van der Waals surface area contributed by atoms with E-state index in [0.717, 1.165) is 16.6 Å². The molecule has 9 nitrogen and oxygen atoms in total. The Kier molecular flexibility index (Phi) is 6.81. The van der Waals surface area contributed by atoms with Crippen molar-refractivity contribution in [2.75, 3.05) is 11.4 Å². The highest BCUT2D eigenvalue weighted by molar-refractivity contribution is 5.97. The predicted molar refractivity (Wildman–Crippen MR) is 129 cm³/mol. The molecule has 1 aliphatic rings. The van der Waals surface area contributed by atoms with Crippen LogP contribution in [0.2, 0.25) is 0 Å². The molecule has 34 heavy (non-hydrogen) atoms. The van der Waals surface area contributed by atoms with Gasteiger partial charge in [0.1, 0.15) is 12.1 Å². The fourth-order valence-corrected chi connectivity index (χ4v) is 4.20. The van der Waals surface area contributed by atoms with Crippen molar-refractivity contribution in [2.45, 2.75) is 45.3 Å². The van der Waals surface area contributed by atoms with Crippen LogP contribution in [-0.2, 0) is 22.6 Å². The predicted octanol–water partition coefficient (Wildman–Crippen LogP) is 2.79. The molecule has 9 heteroatoms. The number of nitrogens with one attached hydrogen (secondary N) is 2. The molecule has 2 aromatic carbocycles. The fourth-order valence-electron chi connectivity index (χ4n) is 4.20. The number of hydrogen-bond donors (Lipinski definition) is 3. The molecular formula is C25H29N5O4. The first kappa shape index (κ1) is 23.3. The topological polar surface area (TPSA) is 117 Å². The number of urea groups is 1. The monoisotopic (exact) mass is 463 g/mol. The molecule has 1 unspecified atom stereocenters. The van der Waals surface area contributed by atoms with Gasteiger partial charge in [0, 0.05) is 19.5 Å². The van der Waals surface area contributed by atoms with Crippen LogP contribution >= 0.6 is 0 Å². The number of carboxylic acids is 1. The Hall–Kier alpha value is -3.88. The van der Waals surface area contributed by atoms with Gasteiger partial charge in [-0.1, -0.05) is 62.7 Å². The van der Waals surface area contributed by atoms with Gasteiger partial charge in [0.2, 0.25) is 11.9 Å². The molecule has 3 N–H and O–H groups in total. The van der Waals surface area contributed by atoms with Crippen molar-refractivity contribution in [1.82, 2.24) is 20.2 Å². The Morgan fingerprint density at radius 2 is 1.74 bits per heavy atom. The van der Waals surface area contributed by atoms with Crippen LogP contribution in [0.15, 0.2) is 54.6 Å². The number of carbonyl (C=O) groups excluding carboxylic acids is 2. The molecule has 2 heterocycles. The molecule has 0 bridgehead atoms. The summed E-state index contributed by atoms with van der Waals surface area (Å²) < 4.78 is 1.98. The maximum atomic E-state index is 13.3. The first-order valence-electron chi connectivity index (χ1n) is 11.5. The third-order valence-corrected chi connectivity index (χ3v) is 6.34. The maximum absolute atomic E-state index is 13.3. The van der Waals surface area contributed by atoms with Crippen LogP contribution in [0.25, 0.3) is 11.0 Å². The lowest BCUT2D eigenvalue weighted by atomic mass is 9.98.